The molecule has 35 heavy (non-hydrogen) atoms. The fourth-order valence-electron chi connectivity index (χ4n) is 3.47. The molecule has 0 radical (unpaired) electrons. The Labute approximate surface area is 215 Å². The van der Waals surface area contributed by atoms with Gasteiger partial charge < -0.3 is 25.4 Å². The molecule has 0 spiro atoms. The molecular weight excluding hydrogens is 486 g/mol. The number of hydrogen-bond acceptors (Lipinski definition) is 6. The van der Waals surface area contributed by atoms with E-state index in [4.69, 9.17) is 31.9 Å². The first-order valence-electron chi connectivity index (χ1n) is 11.3. The van der Waals surface area contributed by atoms with Gasteiger partial charge in [0.25, 0.3) is 0 Å². The van der Waals surface area contributed by atoms with Crippen LogP contribution in [0.15, 0.2) is 82.6 Å². The molecule has 3 aromatic carbocycles. The highest BCUT2D eigenvalue weighted by Crippen LogP contribution is 2.33. The zero-order chi connectivity index (χ0) is 25.1. The minimum Gasteiger partial charge on any atom is -0.489 e. The lowest BCUT2D eigenvalue weighted by atomic mass is 9.94. The van der Waals surface area contributed by atoms with Gasteiger partial charge >= 0.3 is 5.97 Å². The Kier molecular flexibility index (Phi) is 10.4. The molecule has 8 heteroatoms. The average molecular weight is 516 g/mol. The van der Waals surface area contributed by atoms with Gasteiger partial charge in [0.15, 0.2) is 0 Å². The molecule has 0 saturated carbocycles. The third kappa shape index (κ3) is 9.20. The number of carboxylic acids is 1. The molecule has 1 unspecified atom stereocenters. The van der Waals surface area contributed by atoms with E-state index in [-0.39, 0.29) is 13.2 Å². The molecule has 3 aromatic rings. The van der Waals surface area contributed by atoms with Gasteiger partial charge in [-0.05, 0) is 60.7 Å². The van der Waals surface area contributed by atoms with E-state index in [2.05, 4.69) is 0 Å². The highest BCUT2D eigenvalue weighted by atomic mass is 35.5. The second-order valence-corrected chi connectivity index (χ2v) is 9.92. The second-order valence-electron chi connectivity index (χ2n) is 8.36. The first kappa shape index (κ1) is 27.0. The van der Waals surface area contributed by atoms with Crippen molar-refractivity contribution in [3.05, 3.63) is 88.9 Å². The molecular formula is C27H30ClNO5S. The molecule has 4 N–H and O–H groups in total. The number of aliphatic hydroxyl groups is 1. The molecule has 0 saturated heterocycles. The Balaban J connectivity index is 1.52. The van der Waals surface area contributed by atoms with E-state index < -0.39 is 18.1 Å². The van der Waals surface area contributed by atoms with Gasteiger partial charge in [0.05, 0.1) is 18.8 Å². The maximum Gasteiger partial charge on any atom is 0.329 e. The quantitative estimate of drug-likeness (QED) is 0.272. The van der Waals surface area contributed by atoms with Gasteiger partial charge in [-0.15, -0.1) is 0 Å². The average Bonchev–Trinajstić information content (AvgIpc) is 2.85. The number of hydrogen-bond donors (Lipinski definition) is 3. The van der Waals surface area contributed by atoms with Gasteiger partial charge in [0.2, 0.25) is 0 Å². The highest BCUT2D eigenvalue weighted by Gasteiger charge is 2.24. The van der Waals surface area contributed by atoms with E-state index in [0.29, 0.717) is 30.9 Å². The summed E-state index contributed by atoms with van der Waals surface area (Å²) in [6.07, 6.45) is 1.84. The highest BCUT2D eigenvalue weighted by molar-refractivity contribution is 7.99. The lowest BCUT2D eigenvalue weighted by Crippen LogP contribution is -2.48. The summed E-state index contributed by atoms with van der Waals surface area (Å²) >= 11 is 8.15. The summed E-state index contributed by atoms with van der Waals surface area (Å²) in [6.45, 7) is -0.231. The summed E-state index contributed by atoms with van der Waals surface area (Å²) in [5.41, 5.74) is 7.27. The van der Waals surface area contributed by atoms with Gasteiger partial charge in [0.1, 0.15) is 19.0 Å². The molecule has 0 amide bonds. The van der Waals surface area contributed by atoms with Crippen LogP contribution >= 0.6 is 23.4 Å². The molecule has 1 atom stereocenters. The van der Waals surface area contributed by atoms with Crippen molar-refractivity contribution in [1.82, 2.24) is 0 Å². The summed E-state index contributed by atoms with van der Waals surface area (Å²) in [7, 11) is 0. The second kappa shape index (κ2) is 13.5. The van der Waals surface area contributed by atoms with Crippen LogP contribution in [0.25, 0.3) is 0 Å². The maximum atomic E-state index is 10.6. The number of carbonyl (C=O) groups is 1. The number of carboxylic acid groups (broad SMARTS) is 1. The summed E-state index contributed by atoms with van der Waals surface area (Å²) in [5, 5.41) is 19.0. The van der Waals surface area contributed by atoms with Crippen molar-refractivity contribution in [1.29, 1.82) is 0 Å². The van der Waals surface area contributed by atoms with E-state index in [1.807, 2.05) is 72.8 Å². The Hall–Kier alpha value is -2.55. The number of benzene rings is 3. The van der Waals surface area contributed by atoms with Crippen molar-refractivity contribution in [3.63, 3.8) is 0 Å². The van der Waals surface area contributed by atoms with Gasteiger partial charge in [-0.1, -0.05) is 65.8 Å². The van der Waals surface area contributed by atoms with Crippen molar-refractivity contribution in [2.45, 2.75) is 41.2 Å². The Morgan fingerprint density at radius 2 is 1.80 bits per heavy atom. The Morgan fingerprint density at radius 3 is 2.51 bits per heavy atom. The van der Waals surface area contributed by atoms with E-state index in [1.165, 1.54) is 0 Å². The smallest absolute Gasteiger partial charge is 0.329 e. The monoisotopic (exact) mass is 515 g/mol. The van der Waals surface area contributed by atoms with Crippen LogP contribution in [-0.4, -0.2) is 41.5 Å². The van der Waals surface area contributed by atoms with E-state index in [1.54, 1.807) is 11.8 Å². The van der Waals surface area contributed by atoms with Crippen molar-refractivity contribution in [2.24, 2.45) is 5.73 Å². The molecule has 0 aliphatic rings. The molecule has 6 nitrogen and oxygen atoms in total. The number of aryl methyl sites for hydroxylation is 1. The van der Waals surface area contributed by atoms with Crippen molar-refractivity contribution in [2.75, 3.05) is 19.8 Å². The van der Waals surface area contributed by atoms with Crippen LogP contribution in [0.1, 0.15) is 24.0 Å². The predicted molar refractivity (Wildman–Crippen MR) is 138 cm³/mol. The van der Waals surface area contributed by atoms with Crippen molar-refractivity contribution >= 4 is 29.3 Å². The van der Waals surface area contributed by atoms with Crippen LogP contribution in [0, 0.1) is 0 Å². The van der Waals surface area contributed by atoms with E-state index in [9.17, 15) is 9.90 Å². The molecule has 0 aliphatic heterocycles. The zero-order valence-electron chi connectivity index (χ0n) is 19.4. The molecule has 186 valence electrons. The van der Waals surface area contributed by atoms with Crippen LogP contribution in [-0.2, 0) is 22.6 Å². The summed E-state index contributed by atoms with van der Waals surface area (Å²) < 4.78 is 11.0. The van der Waals surface area contributed by atoms with Gasteiger partial charge in [-0.3, -0.25) is 0 Å². The Morgan fingerprint density at radius 1 is 1.03 bits per heavy atom. The normalized spacial score (nSPS) is 12.8. The van der Waals surface area contributed by atoms with Crippen LogP contribution in [0.5, 0.6) is 5.75 Å². The number of aliphatic hydroxyl groups excluding tert-OH is 1. The van der Waals surface area contributed by atoms with Crippen LogP contribution < -0.4 is 10.5 Å². The summed E-state index contributed by atoms with van der Waals surface area (Å²) in [6, 6.07) is 24.0. The van der Waals surface area contributed by atoms with Crippen molar-refractivity contribution in [3.8, 4) is 5.75 Å². The van der Waals surface area contributed by atoms with Crippen LogP contribution in [0.4, 0.5) is 0 Å². The third-order valence-electron chi connectivity index (χ3n) is 5.36. The number of nitrogens with two attached hydrogens (primary N) is 1. The first-order chi connectivity index (χ1) is 16.9. The van der Waals surface area contributed by atoms with Gasteiger partial charge in [0, 0.05) is 14.8 Å². The number of ether oxygens (including phenoxy) is 2. The lowest BCUT2D eigenvalue weighted by Gasteiger charge is -2.26. The van der Waals surface area contributed by atoms with Crippen LogP contribution in [0.2, 0.25) is 5.02 Å². The van der Waals surface area contributed by atoms with Gasteiger partial charge in [-0.2, -0.15) is 0 Å². The molecule has 0 aromatic heterocycles. The fourth-order valence-corrected chi connectivity index (χ4v) is 4.71. The fraction of sp³-hybridized carbons (Fsp3) is 0.296. The van der Waals surface area contributed by atoms with Crippen LogP contribution in [0.3, 0.4) is 0 Å². The number of rotatable bonds is 14. The summed E-state index contributed by atoms with van der Waals surface area (Å²) in [5.74, 6) is -0.260. The summed E-state index contributed by atoms with van der Waals surface area (Å²) in [4.78, 5) is 12.7. The van der Waals surface area contributed by atoms with Gasteiger partial charge in [-0.25, -0.2) is 4.79 Å². The zero-order valence-corrected chi connectivity index (χ0v) is 20.9. The predicted octanol–water partition coefficient (Wildman–Crippen LogP) is 5.18. The molecule has 3 rings (SSSR count). The maximum absolute atomic E-state index is 10.6. The molecule has 0 aliphatic carbocycles. The Bertz CT molecular complexity index is 1100. The minimum atomic E-state index is -1.07. The van der Waals surface area contributed by atoms with E-state index in [0.717, 1.165) is 26.7 Å². The minimum absolute atomic E-state index is 0.0206. The van der Waals surface area contributed by atoms with Crippen molar-refractivity contribution < 1.29 is 24.5 Å². The standard InChI is InChI=1S/C27H30ClNO5S/c28-25-15-24(12-11-21(25)8-5-13-27(29,18-30)19-33-17-26(31)32)35-23-10-4-9-22(14-23)34-16-20-6-2-1-3-7-20/h1-4,6-7,9-12,14-15,30H,5,8,13,16-19,29H2,(H,31,32). The SMILES string of the molecule is NC(CO)(CCCc1ccc(Sc2cccc(OCc3ccccc3)c2)cc1Cl)COCC(=O)O. The lowest BCUT2D eigenvalue weighted by molar-refractivity contribution is -0.143. The number of halogens is 1. The van der Waals surface area contributed by atoms with E-state index >= 15 is 0 Å². The first-order valence-corrected chi connectivity index (χ1v) is 12.5. The third-order valence-corrected chi connectivity index (χ3v) is 6.70. The largest absolute Gasteiger partial charge is 0.489 e. The molecule has 0 fully saturated rings. The molecule has 0 heterocycles. The molecule has 0 bridgehead atoms. The topological polar surface area (TPSA) is 102 Å². The number of aliphatic carboxylic acids is 1.